The number of fused-ring (bicyclic) bond motifs is 1. The number of ketones is 1. The highest BCUT2D eigenvalue weighted by atomic mass is 16.6. The Kier molecular flexibility index (Phi) is 25.6. The first-order valence-corrected chi connectivity index (χ1v) is 29.1. The molecule has 22 nitrogen and oxygen atoms in total. The maximum absolute atomic E-state index is 15.1. The first kappa shape index (κ1) is 67.3. The molecule has 1 aromatic rings. The van der Waals surface area contributed by atoms with Crippen molar-refractivity contribution in [3.63, 3.8) is 0 Å². The van der Waals surface area contributed by atoms with E-state index >= 15 is 9.59 Å². The minimum Gasteiger partial charge on any atom is -0.497 e. The fraction of sp³-hybridized carbons (Fsp3) is 0.729. The molecule has 0 aromatic heterocycles. The van der Waals surface area contributed by atoms with E-state index in [9.17, 15) is 43.5 Å². The van der Waals surface area contributed by atoms with E-state index in [1.54, 1.807) is 52.0 Å². The predicted molar refractivity (Wildman–Crippen MR) is 301 cm³/mol. The van der Waals surface area contributed by atoms with E-state index in [4.69, 9.17) is 19.9 Å². The average Bonchev–Trinajstić information content (AvgIpc) is 4.23. The smallest absolute Gasteiger partial charge is 0.329 e. The number of carbonyl (C=O) groups excluding carboxylic acids is 10. The Morgan fingerprint density at radius 1 is 0.877 bits per heavy atom. The summed E-state index contributed by atoms with van der Waals surface area (Å²) in [4.78, 5) is 150. The molecule has 0 aliphatic carbocycles. The van der Waals surface area contributed by atoms with E-state index in [1.165, 1.54) is 54.7 Å². The van der Waals surface area contributed by atoms with Gasteiger partial charge >= 0.3 is 11.9 Å². The molecule has 454 valence electrons. The molecule has 2 unspecified atom stereocenters. The van der Waals surface area contributed by atoms with Crippen molar-refractivity contribution >= 4 is 59.1 Å². The van der Waals surface area contributed by atoms with E-state index in [0.717, 1.165) is 0 Å². The van der Waals surface area contributed by atoms with Gasteiger partial charge in [-0.25, -0.2) is 4.79 Å². The monoisotopic (exact) mass is 1140 g/mol. The number of likely N-dealkylation sites (N-methyl/N-ethyl adjacent to an activating group) is 2. The number of aliphatic hydroxyl groups excluding tert-OH is 1. The van der Waals surface area contributed by atoms with Gasteiger partial charge in [-0.15, -0.1) is 0 Å². The number of amides is 7. The number of hydrogen-bond acceptors (Lipinski definition) is 15. The molecular weight excluding hydrogens is 1040 g/mol. The molecule has 6 N–H and O–H groups in total. The van der Waals surface area contributed by atoms with Gasteiger partial charge < -0.3 is 60.6 Å². The quantitative estimate of drug-likeness (QED) is 0.111. The SMILES string of the molecule is CCCC(N)C(=O)N1CCCC1C(=O)N(C)[C@H](CC(C)C)C(=O)N[C@@H]1C(=O)N[C@H]([C@@H](C)CC)[C@H](O)CC(=O)O[C@H](C(C)C)C(=O)[C@H](C)C(=O)N[C@H](CC(C)C)C(=O)N2CCC[C@H]2C(=O)N(C)[C@@H](Cc2ccc(OC)cc2)C(=O)O[C@H]1C. The van der Waals surface area contributed by atoms with Crippen LogP contribution in [0, 0.1) is 29.6 Å². The van der Waals surface area contributed by atoms with Crippen molar-refractivity contribution in [1.82, 2.24) is 35.6 Å². The van der Waals surface area contributed by atoms with Crippen molar-refractivity contribution in [3.8, 4) is 5.75 Å². The molecule has 7 amide bonds. The van der Waals surface area contributed by atoms with Crippen LogP contribution in [0.15, 0.2) is 24.3 Å². The molecule has 0 radical (unpaired) electrons. The molecule has 0 spiro atoms. The van der Waals surface area contributed by atoms with E-state index in [0.29, 0.717) is 56.4 Å². The minimum absolute atomic E-state index is 0.0987. The Morgan fingerprint density at radius 3 is 2.10 bits per heavy atom. The molecule has 0 bridgehead atoms. The fourth-order valence-electron chi connectivity index (χ4n) is 10.9. The molecule has 3 aliphatic heterocycles. The van der Waals surface area contributed by atoms with Gasteiger partial charge in [0.15, 0.2) is 11.9 Å². The van der Waals surface area contributed by atoms with E-state index in [2.05, 4.69) is 16.0 Å². The van der Waals surface area contributed by atoms with Gasteiger partial charge in [-0.05, 0) is 100 Å². The van der Waals surface area contributed by atoms with Crippen LogP contribution in [0.4, 0.5) is 0 Å². The number of methoxy groups -OCH3 is 1. The zero-order chi connectivity index (χ0) is 60.7. The van der Waals surface area contributed by atoms with E-state index in [1.807, 2.05) is 34.6 Å². The van der Waals surface area contributed by atoms with Crippen LogP contribution in [0.2, 0.25) is 0 Å². The van der Waals surface area contributed by atoms with Crippen molar-refractivity contribution in [2.75, 3.05) is 34.3 Å². The van der Waals surface area contributed by atoms with Crippen LogP contribution in [0.1, 0.15) is 146 Å². The highest BCUT2D eigenvalue weighted by Crippen LogP contribution is 2.27. The first-order chi connectivity index (χ1) is 38.1. The third-order valence-corrected chi connectivity index (χ3v) is 16.0. The lowest BCUT2D eigenvalue weighted by Gasteiger charge is -2.36. The summed E-state index contributed by atoms with van der Waals surface area (Å²) >= 11 is 0. The Hall–Kier alpha value is -6.16. The van der Waals surface area contributed by atoms with Crippen LogP contribution >= 0.6 is 0 Å². The summed E-state index contributed by atoms with van der Waals surface area (Å²) in [5, 5.41) is 20.2. The molecule has 3 fully saturated rings. The van der Waals surface area contributed by atoms with Crippen molar-refractivity contribution in [1.29, 1.82) is 0 Å². The molecule has 1 aromatic carbocycles. The molecular formula is C59H94N8O14. The third-order valence-electron chi connectivity index (χ3n) is 16.0. The molecule has 22 heteroatoms. The van der Waals surface area contributed by atoms with E-state index in [-0.39, 0.29) is 50.0 Å². The zero-order valence-corrected chi connectivity index (χ0v) is 50.4. The normalized spacial score (nSPS) is 27.3. The fourth-order valence-corrected chi connectivity index (χ4v) is 10.9. The number of nitrogens with one attached hydrogen (secondary N) is 3. The lowest BCUT2D eigenvalue weighted by Crippen LogP contribution is -2.62. The van der Waals surface area contributed by atoms with Crippen LogP contribution < -0.4 is 26.4 Å². The summed E-state index contributed by atoms with van der Waals surface area (Å²) in [6.07, 6.45) is -2.32. The summed E-state index contributed by atoms with van der Waals surface area (Å²) in [7, 11) is 4.35. The van der Waals surface area contributed by atoms with Crippen LogP contribution in [-0.4, -0.2) is 185 Å². The topological polar surface area (TPSA) is 294 Å². The van der Waals surface area contributed by atoms with E-state index < -0.39 is 144 Å². The van der Waals surface area contributed by atoms with Crippen LogP contribution in [0.5, 0.6) is 5.75 Å². The Balaban J connectivity index is 1.88. The number of likely N-dealkylation sites (tertiary alicyclic amines) is 1. The summed E-state index contributed by atoms with van der Waals surface area (Å²) in [6, 6.07) is -2.81. The second-order valence-corrected chi connectivity index (χ2v) is 23.7. The van der Waals surface area contributed by atoms with Gasteiger partial charge in [-0.1, -0.05) is 87.3 Å². The van der Waals surface area contributed by atoms with Gasteiger partial charge in [-0.3, -0.25) is 43.2 Å². The predicted octanol–water partition coefficient (Wildman–Crippen LogP) is 3.06. The number of carbonyl (C=O) groups is 10. The van der Waals surface area contributed by atoms with Crippen LogP contribution in [-0.2, 0) is 63.8 Å². The van der Waals surface area contributed by atoms with Gasteiger partial charge in [0, 0.05) is 33.6 Å². The molecule has 0 saturated carbocycles. The average molecular weight is 1140 g/mol. The number of nitrogens with two attached hydrogens (primary N) is 1. The summed E-state index contributed by atoms with van der Waals surface area (Å²) in [6.45, 7) is 19.2. The lowest BCUT2D eigenvalue weighted by atomic mass is 9.91. The van der Waals surface area contributed by atoms with Crippen LogP contribution in [0.25, 0.3) is 0 Å². The van der Waals surface area contributed by atoms with Gasteiger partial charge in [0.25, 0.3) is 0 Å². The lowest BCUT2D eigenvalue weighted by molar-refractivity contribution is -0.163. The van der Waals surface area contributed by atoms with Crippen molar-refractivity contribution in [2.45, 2.75) is 213 Å². The van der Waals surface area contributed by atoms with Crippen LogP contribution in [0.3, 0.4) is 0 Å². The molecule has 3 saturated heterocycles. The molecule has 3 heterocycles. The number of aliphatic hydroxyl groups is 1. The number of benzene rings is 1. The number of ether oxygens (including phenoxy) is 3. The summed E-state index contributed by atoms with van der Waals surface area (Å²) in [5.74, 6) is -9.79. The van der Waals surface area contributed by atoms with Gasteiger partial charge in [0.2, 0.25) is 41.4 Å². The molecule has 4 rings (SSSR count). The third kappa shape index (κ3) is 17.7. The van der Waals surface area contributed by atoms with Gasteiger partial charge in [0.05, 0.1) is 37.6 Å². The Labute approximate surface area is 479 Å². The zero-order valence-electron chi connectivity index (χ0n) is 50.4. The molecule has 3 aliphatic rings. The molecule has 13 atom stereocenters. The standard InChI is InChI=1S/C59H94N8O14/c1-15-19-40(60)55(74)66-26-17-20-42(66)57(76)64(12)44(29-33(5)6)53(72)63-49-37(11)80-59(78)45(30-38-22-24-39(79-14)25-23-38)65(13)58(77)43-21-18-27-67(43)56(75)41(28-32(3)4)61-52(71)36(10)50(70)51(34(7)8)81-47(69)31-46(68)48(35(9)16-2)62-54(49)73/h22-25,32-37,40-46,48-49,51,68H,15-21,26-31,60H2,1-14H3,(H,61,71)(H,62,73)(H,63,72)/t35-,36-,37-,40?,41+,42?,43-,44+,45-,46+,48+,49-,51+/m0/s1. The second-order valence-electron chi connectivity index (χ2n) is 23.7. The Morgan fingerprint density at radius 2 is 1.52 bits per heavy atom. The van der Waals surface area contributed by atoms with Crippen molar-refractivity contribution in [3.05, 3.63) is 29.8 Å². The second kappa shape index (κ2) is 30.8. The van der Waals surface area contributed by atoms with Crippen molar-refractivity contribution < 1.29 is 67.3 Å². The number of hydrogen-bond donors (Lipinski definition) is 5. The highest BCUT2D eigenvalue weighted by Gasteiger charge is 2.46. The largest absolute Gasteiger partial charge is 0.497 e. The van der Waals surface area contributed by atoms with Gasteiger partial charge in [-0.2, -0.15) is 0 Å². The number of nitrogens with zero attached hydrogens (tertiary/aromatic N) is 4. The number of esters is 2. The highest BCUT2D eigenvalue weighted by molar-refractivity contribution is 6.05. The Bertz CT molecular complexity index is 2370. The minimum atomic E-state index is -1.75. The maximum atomic E-state index is 15.1. The number of Topliss-reactive ketones (excluding diaryl/α,β-unsaturated/α-hetero) is 1. The maximum Gasteiger partial charge on any atom is 0.329 e. The number of rotatable bonds is 17. The summed E-state index contributed by atoms with van der Waals surface area (Å²) < 4.78 is 17.3. The first-order valence-electron chi connectivity index (χ1n) is 29.1. The molecule has 81 heavy (non-hydrogen) atoms. The summed E-state index contributed by atoms with van der Waals surface area (Å²) in [5.41, 5.74) is 6.82. The van der Waals surface area contributed by atoms with Crippen molar-refractivity contribution in [2.24, 2.45) is 35.3 Å². The van der Waals surface area contributed by atoms with Gasteiger partial charge in [0.1, 0.15) is 48.1 Å². The number of cyclic esters (lactones) is 2.